The van der Waals surface area contributed by atoms with Gasteiger partial charge in [-0.3, -0.25) is 4.79 Å². The van der Waals surface area contributed by atoms with Crippen molar-refractivity contribution in [3.63, 3.8) is 0 Å². The van der Waals surface area contributed by atoms with Crippen molar-refractivity contribution in [2.24, 2.45) is 0 Å². The van der Waals surface area contributed by atoms with E-state index >= 15 is 0 Å². The fourth-order valence-corrected chi connectivity index (χ4v) is 3.86. The Labute approximate surface area is 151 Å². The normalized spacial score (nSPS) is 14.7. The second kappa shape index (κ2) is 7.74. The molecule has 1 saturated carbocycles. The average Bonchev–Trinajstić information content (AvgIpc) is 3.39. The van der Waals surface area contributed by atoms with Crippen LogP contribution in [0.2, 0.25) is 0 Å². The lowest BCUT2D eigenvalue weighted by molar-refractivity contribution is -0.121. The van der Waals surface area contributed by atoms with Gasteiger partial charge in [-0.2, -0.15) is 0 Å². The zero-order valence-electron chi connectivity index (χ0n) is 13.9. The van der Waals surface area contributed by atoms with Crippen LogP contribution in [-0.2, 0) is 11.2 Å². The number of carbonyl (C=O) groups excluding carboxylic acids is 1. The number of carbonyl (C=O) groups is 2. The Bertz CT molecular complexity index is 739. The summed E-state index contributed by atoms with van der Waals surface area (Å²) in [7, 11) is 0. The molecular weight excluding hydrogens is 334 g/mol. The fourth-order valence-electron chi connectivity index (χ4n) is 2.61. The van der Waals surface area contributed by atoms with Crippen molar-refractivity contribution >= 4 is 23.6 Å². The van der Waals surface area contributed by atoms with Gasteiger partial charge in [-0.25, -0.2) is 4.79 Å². The summed E-state index contributed by atoms with van der Waals surface area (Å²) in [5.41, 5.74) is 1.24. The molecule has 0 aliphatic heterocycles. The Morgan fingerprint density at radius 2 is 1.72 bits per heavy atom. The number of carboxylic acid groups (broad SMARTS) is 1. The fraction of sp³-hybridized carbons (Fsp3) is 0.300. The van der Waals surface area contributed by atoms with Gasteiger partial charge in [-0.05, 0) is 49.1 Å². The molecule has 1 aliphatic carbocycles. The van der Waals surface area contributed by atoms with E-state index in [1.807, 2.05) is 30.0 Å². The van der Waals surface area contributed by atoms with Crippen molar-refractivity contribution < 1.29 is 14.7 Å². The Kier molecular flexibility index (Phi) is 5.43. The van der Waals surface area contributed by atoms with Crippen LogP contribution in [-0.4, -0.2) is 28.3 Å². The summed E-state index contributed by atoms with van der Waals surface area (Å²) in [5, 5.41) is 11.9. The lowest BCUT2D eigenvalue weighted by Gasteiger charge is -2.15. The Hall–Kier alpha value is -2.27. The minimum absolute atomic E-state index is 0.0437. The van der Waals surface area contributed by atoms with E-state index in [0.717, 1.165) is 18.4 Å². The number of aromatic carboxylic acids is 1. The molecule has 2 aromatic rings. The first-order valence-electron chi connectivity index (χ1n) is 8.39. The number of amides is 1. The summed E-state index contributed by atoms with van der Waals surface area (Å²) in [6, 6.07) is 17.0. The second-order valence-corrected chi connectivity index (χ2v) is 7.92. The van der Waals surface area contributed by atoms with Crippen LogP contribution in [0.15, 0.2) is 59.5 Å². The van der Waals surface area contributed by atoms with Crippen molar-refractivity contribution in [2.75, 3.05) is 6.54 Å². The number of rotatable bonds is 8. The van der Waals surface area contributed by atoms with Gasteiger partial charge in [0.1, 0.15) is 0 Å². The standard InChI is InChI=1S/C20H21NO3S/c22-18(11-8-15-6-9-16(10-7-15)19(23)24)21-14-20(12-13-20)25-17-4-2-1-3-5-17/h1-7,9-10H,8,11-14H2,(H,21,22)(H,23,24). The lowest BCUT2D eigenvalue weighted by atomic mass is 10.1. The highest BCUT2D eigenvalue weighted by Gasteiger charge is 2.43. The van der Waals surface area contributed by atoms with E-state index < -0.39 is 5.97 Å². The summed E-state index contributed by atoms with van der Waals surface area (Å²) >= 11 is 1.85. The molecule has 0 atom stereocenters. The third kappa shape index (κ3) is 5.10. The lowest BCUT2D eigenvalue weighted by Crippen LogP contribution is -2.31. The third-order valence-corrected chi connectivity index (χ3v) is 5.83. The molecule has 0 radical (unpaired) electrons. The maximum atomic E-state index is 12.1. The van der Waals surface area contributed by atoms with E-state index in [0.29, 0.717) is 19.4 Å². The predicted octanol–water partition coefficient (Wildman–Crippen LogP) is 3.76. The molecule has 0 spiro atoms. The van der Waals surface area contributed by atoms with Gasteiger partial charge in [-0.1, -0.05) is 30.3 Å². The van der Waals surface area contributed by atoms with Crippen molar-refractivity contribution in [1.29, 1.82) is 0 Å². The first-order valence-corrected chi connectivity index (χ1v) is 9.21. The van der Waals surface area contributed by atoms with E-state index in [-0.39, 0.29) is 16.2 Å². The van der Waals surface area contributed by atoms with E-state index in [1.54, 1.807) is 24.3 Å². The molecule has 130 valence electrons. The zero-order chi connectivity index (χ0) is 17.7. The summed E-state index contributed by atoms with van der Waals surface area (Å²) in [6.07, 6.45) is 3.29. The molecule has 0 bridgehead atoms. The van der Waals surface area contributed by atoms with Crippen molar-refractivity contribution in [3.05, 3.63) is 65.7 Å². The Morgan fingerprint density at radius 1 is 1.04 bits per heavy atom. The summed E-state index contributed by atoms with van der Waals surface area (Å²) in [4.78, 5) is 24.2. The molecule has 1 aliphatic rings. The molecule has 0 heterocycles. The van der Waals surface area contributed by atoms with Crippen LogP contribution < -0.4 is 5.32 Å². The van der Waals surface area contributed by atoms with Crippen LogP contribution in [0.1, 0.15) is 35.2 Å². The second-order valence-electron chi connectivity index (χ2n) is 6.38. The highest BCUT2D eigenvalue weighted by molar-refractivity contribution is 8.01. The van der Waals surface area contributed by atoms with E-state index in [2.05, 4.69) is 17.4 Å². The number of hydrogen-bond acceptors (Lipinski definition) is 3. The minimum atomic E-state index is -0.935. The molecule has 0 unspecified atom stereocenters. The molecule has 2 aromatic carbocycles. The molecule has 0 saturated heterocycles. The van der Waals surface area contributed by atoms with Gasteiger partial charge in [0, 0.05) is 22.6 Å². The quantitative estimate of drug-likeness (QED) is 0.757. The molecule has 5 heteroatoms. The van der Waals surface area contributed by atoms with Crippen molar-refractivity contribution in [2.45, 2.75) is 35.3 Å². The maximum absolute atomic E-state index is 12.1. The van der Waals surface area contributed by atoms with E-state index in [9.17, 15) is 9.59 Å². The number of benzene rings is 2. The SMILES string of the molecule is O=C(CCc1ccc(C(=O)O)cc1)NCC1(Sc2ccccc2)CC1. The van der Waals surface area contributed by atoms with Gasteiger partial charge in [0.05, 0.1) is 5.56 Å². The largest absolute Gasteiger partial charge is 0.478 e. The van der Waals surface area contributed by atoms with Crippen molar-refractivity contribution in [1.82, 2.24) is 5.32 Å². The predicted molar refractivity (Wildman–Crippen MR) is 99.0 cm³/mol. The van der Waals surface area contributed by atoms with Gasteiger partial charge in [0.25, 0.3) is 0 Å². The van der Waals surface area contributed by atoms with E-state index in [4.69, 9.17) is 5.11 Å². The first-order chi connectivity index (χ1) is 12.1. The molecule has 25 heavy (non-hydrogen) atoms. The Morgan fingerprint density at radius 3 is 2.32 bits per heavy atom. The van der Waals surface area contributed by atoms with E-state index in [1.165, 1.54) is 4.90 Å². The van der Waals surface area contributed by atoms with Gasteiger partial charge in [0.15, 0.2) is 0 Å². The van der Waals surface area contributed by atoms with Crippen molar-refractivity contribution in [3.8, 4) is 0 Å². The molecule has 3 rings (SSSR count). The number of nitrogens with one attached hydrogen (secondary N) is 1. The molecule has 0 aromatic heterocycles. The van der Waals surface area contributed by atoms with Gasteiger partial charge < -0.3 is 10.4 Å². The molecule has 1 fully saturated rings. The summed E-state index contributed by atoms with van der Waals surface area (Å²) in [6.45, 7) is 0.698. The summed E-state index contributed by atoms with van der Waals surface area (Å²) < 4.78 is 0.153. The topological polar surface area (TPSA) is 66.4 Å². The molecule has 2 N–H and O–H groups in total. The molecule has 4 nitrogen and oxygen atoms in total. The van der Waals surface area contributed by atoms with Crippen LogP contribution in [0.4, 0.5) is 0 Å². The maximum Gasteiger partial charge on any atom is 0.335 e. The number of carboxylic acids is 1. The van der Waals surface area contributed by atoms with Gasteiger partial charge in [0.2, 0.25) is 5.91 Å². The monoisotopic (exact) mass is 355 g/mol. The first kappa shape index (κ1) is 17.5. The zero-order valence-corrected chi connectivity index (χ0v) is 14.7. The smallest absolute Gasteiger partial charge is 0.335 e. The summed E-state index contributed by atoms with van der Waals surface area (Å²) in [5.74, 6) is -0.891. The highest BCUT2D eigenvalue weighted by Crippen LogP contribution is 2.51. The van der Waals surface area contributed by atoms with Crippen LogP contribution in [0.3, 0.4) is 0 Å². The minimum Gasteiger partial charge on any atom is -0.478 e. The molecule has 1 amide bonds. The number of thioether (sulfide) groups is 1. The highest BCUT2D eigenvalue weighted by atomic mass is 32.2. The van der Waals surface area contributed by atoms with Crippen LogP contribution in [0, 0.1) is 0 Å². The number of hydrogen-bond donors (Lipinski definition) is 2. The Balaban J connectivity index is 1.43. The van der Waals surface area contributed by atoms with Gasteiger partial charge >= 0.3 is 5.97 Å². The third-order valence-electron chi connectivity index (χ3n) is 4.33. The average molecular weight is 355 g/mol. The van der Waals surface area contributed by atoms with Crippen LogP contribution in [0.5, 0.6) is 0 Å². The number of aryl methyl sites for hydroxylation is 1. The van der Waals surface area contributed by atoms with Gasteiger partial charge in [-0.15, -0.1) is 11.8 Å². The molecular formula is C20H21NO3S. The van der Waals surface area contributed by atoms with Crippen LogP contribution in [0.25, 0.3) is 0 Å². The van der Waals surface area contributed by atoms with Crippen LogP contribution >= 0.6 is 11.8 Å².